The molecule has 0 unspecified atom stereocenters. The van der Waals surface area contributed by atoms with Crippen LogP contribution in [0, 0.1) is 17.3 Å². The van der Waals surface area contributed by atoms with Gasteiger partial charge in [0.25, 0.3) is 0 Å². The molecule has 0 radical (unpaired) electrons. The van der Waals surface area contributed by atoms with Crippen molar-refractivity contribution in [1.82, 2.24) is 0 Å². The Bertz CT molecular complexity index is 690. The maximum atomic E-state index is 11.6. The molecule has 1 saturated carbocycles. The number of aliphatic hydroxyl groups is 1. The second-order valence-electron chi connectivity index (χ2n) is 10.3. The fraction of sp³-hybridized carbons (Fsp3) is 0.769. The van der Waals surface area contributed by atoms with E-state index in [0.29, 0.717) is 12.8 Å². The molecule has 0 spiro atoms. The Morgan fingerprint density at radius 2 is 1.91 bits per heavy atom. The van der Waals surface area contributed by atoms with E-state index >= 15 is 0 Å². The van der Waals surface area contributed by atoms with E-state index in [0.717, 1.165) is 32.1 Å². The van der Waals surface area contributed by atoms with Crippen LogP contribution in [0.15, 0.2) is 23.8 Å². The van der Waals surface area contributed by atoms with Gasteiger partial charge in [-0.25, -0.2) is 0 Å². The fourth-order valence-corrected chi connectivity index (χ4v) is 4.77. The Hall–Kier alpha value is -1.66. The number of aliphatic hydroxyl groups excluding tert-OH is 1. The van der Waals surface area contributed by atoms with Crippen LogP contribution in [0.4, 0.5) is 0 Å². The average Bonchev–Trinajstić information content (AvgIpc) is 3.24. The molecule has 2 fully saturated rings. The van der Waals surface area contributed by atoms with Gasteiger partial charge in [0.15, 0.2) is 0 Å². The Labute approximate surface area is 193 Å². The van der Waals surface area contributed by atoms with Crippen LogP contribution >= 0.6 is 0 Å². The number of rotatable bonds is 11. The van der Waals surface area contributed by atoms with E-state index in [1.807, 2.05) is 6.08 Å². The summed E-state index contributed by atoms with van der Waals surface area (Å²) < 4.78 is 16.6. The summed E-state index contributed by atoms with van der Waals surface area (Å²) in [6.45, 7) is 9.69. The minimum absolute atomic E-state index is 0.0397. The number of esters is 2. The summed E-state index contributed by atoms with van der Waals surface area (Å²) >= 11 is 0. The molecule has 1 saturated heterocycles. The van der Waals surface area contributed by atoms with Gasteiger partial charge >= 0.3 is 11.9 Å². The third-order valence-electron chi connectivity index (χ3n) is 6.82. The van der Waals surface area contributed by atoms with Crippen molar-refractivity contribution in [2.24, 2.45) is 17.3 Å². The molecule has 0 aromatic heterocycles. The number of ether oxygens (including phenoxy) is 3. The predicted molar refractivity (Wildman–Crippen MR) is 124 cm³/mol. The molecule has 182 valence electrons. The highest BCUT2D eigenvalue weighted by Crippen LogP contribution is 2.46. The van der Waals surface area contributed by atoms with Gasteiger partial charge in [-0.2, -0.15) is 0 Å². The van der Waals surface area contributed by atoms with Gasteiger partial charge in [-0.15, -0.1) is 0 Å². The molecule has 6 atom stereocenters. The molecule has 1 aliphatic carbocycles. The summed E-state index contributed by atoms with van der Waals surface area (Å²) in [6.07, 6.45) is 11.0. The third kappa shape index (κ3) is 7.73. The Morgan fingerprint density at radius 1 is 1.19 bits per heavy atom. The SMILES string of the molecule is COC(=O)CCCC[C@H]1C[C@@H]2[C@@H](C=C[C@@H](O)C(C)(C)CC=C(C)C)[C@H](OC(C)=O)C[C@@H]2O1. The molecule has 0 amide bonds. The van der Waals surface area contributed by atoms with E-state index < -0.39 is 6.10 Å². The Balaban J connectivity index is 1.99. The van der Waals surface area contributed by atoms with E-state index in [1.165, 1.54) is 19.6 Å². The quantitative estimate of drug-likeness (QED) is 0.278. The molecular formula is C26H42O6. The first-order valence-corrected chi connectivity index (χ1v) is 11.9. The third-order valence-corrected chi connectivity index (χ3v) is 6.82. The molecule has 32 heavy (non-hydrogen) atoms. The van der Waals surface area contributed by atoms with Crippen molar-refractivity contribution in [1.29, 1.82) is 0 Å². The van der Waals surface area contributed by atoms with Gasteiger partial charge in [0.1, 0.15) is 6.10 Å². The van der Waals surface area contributed by atoms with E-state index in [-0.39, 0.29) is 47.5 Å². The first-order chi connectivity index (χ1) is 15.0. The lowest BCUT2D eigenvalue weighted by Gasteiger charge is -2.28. The smallest absolute Gasteiger partial charge is 0.305 e. The van der Waals surface area contributed by atoms with Crippen LogP contribution in [0.5, 0.6) is 0 Å². The normalized spacial score (nSPS) is 28.4. The van der Waals surface area contributed by atoms with Crippen LogP contribution < -0.4 is 0 Å². The summed E-state index contributed by atoms with van der Waals surface area (Å²) in [7, 11) is 1.41. The molecule has 1 aliphatic heterocycles. The molecule has 6 heteroatoms. The molecule has 2 aliphatic rings. The van der Waals surface area contributed by atoms with Crippen LogP contribution in [0.1, 0.15) is 79.6 Å². The number of hydrogen-bond acceptors (Lipinski definition) is 6. The zero-order valence-electron chi connectivity index (χ0n) is 20.6. The predicted octanol–water partition coefficient (Wildman–Crippen LogP) is 4.74. The van der Waals surface area contributed by atoms with Gasteiger partial charge in [-0.05, 0) is 50.9 Å². The standard InChI is InChI=1S/C26H42O6/c1-17(2)13-14-26(4,5)24(28)12-11-20-21-15-19(9-7-8-10-25(29)30-6)32-23(21)16-22(20)31-18(3)27/h11-13,19-24,28H,7-10,14-16H2,1-6H3/t19-,20+,21+,22+,23-,24+/m0/s1. The number of carbonyl (C=O) groups is 2. The number of unbranched alkanes of at least 4 members (excludes halogenated alkanes) is 1. The van der Waals surface area contributed by atoms with Crippen LogP contribution in [0.25, 0.3) is 0 Å². The lowest BCUT2D eigenvalue weighted by molar-refractivity contribution is -0.148. The van der Waals surface area contributed by atoms with Crippen LogP contribution in [0.2, 0.25) is 0 Å². The highest BCUT2D eigenvalue weighted by Gasteiger charge is 2.49. The molecule has 6 nitrogen and oxygen atoms in total. The molecule has 1 heterocycles. The van der Waals surface area contributed by atoms with E-state index in [4.69, 9.17) is 14.2 Å². The van der Waals surface area contributed by atoms with E-state index in [2.05, 4.69) is 39.8 Å². The second kappa shape index (κ2) is 12.0. The van der Waals surface area contributed by atoms with Crippen molar-refractivity contribution in [2.75, 3.05) is 7.11 Å². The second-order valence-corrected chi connectivity index (χ2v) is 10.3. The van der Waals surface area contributed by atoms with Gasteiger partial charge < -0.3 is 19.3 Å². The van der Waals surface area contributed by atoms with E-state index in [9.17, 15) is 14.7 Å². The number of fused-ring (bicyclic) bond motifs is 1. The minimum Gasteiger partial charge on any atom is -0.469 e. The van der Waals surface area contributed by atoms with Crippen molar-refractivity contribution in [3.8, 4) is 0 Å². The summed E-state index contributed by atoms with van der Waals surface area (Å²) in [5, 5.41) is 10.8. The number of hydrogen-bond donors (Lipinski definition) is 1. The van der Waals surface area contributed by atoms with Gasteiger partial charge in [0, 0.05) is 25.7 Å². The highest BCUT2D eigenvalue weighted by atomic mass is 16.6. The molecule has 0 aromatic carbocycles. The molecule has 0 bridgehead atoms. The molecular weight excluding hydrogens is 408 g/mol. The monoisotopic (exact) mass is 450 g/mol. The Kier molecular flexibility index (Phi) is 9.96. The summed E-state index contributed by atoms with van der Waals surface area (Å²) in [5.41, 5.74) is 0.959. The van der Waals surface area contributed by atoms with Crippen molar-refractivity contribution in [3.05, 3.63) is 23.8 Å². The summed E-state index contributed by atoms with van der Waals surface area (Å²) in [5.74, 6) is -0.140. The molecule has 0 aromatic rings. The maximum absolute atomic E-state index is 11.6. The zero-order chi connectivity index (χ0) is 23.9. The van der Waals surface area contributed by atoms with Crippen molar-refractivity contribution in [2.45, 2.75) is 104 Å². The minimum atomic E-state index is -0.591. The van der Waals surface area contributed by atoms with Gasteiger partial charge in [-0.1, -0.05) is 44.1 Å². The van der Waals surface area contributed by atoms with Gasteiger partial charge in [0.2, 0.25) is 0 Å². The molecule has 2 rings (SSSR count). The average molecular weight is 451 g/mol. The van der Waals surface area contributed by atoms with Crippen LogP contribution in [-0.4, -0.2) is 48.6 Å². The van der Waals surface area contributed by atoms with Gasteiger partial charge in [-0.3, -0.25) is 9.59 Å². The number of carbonyl (C=O) groups excluding carboxylic acids is 2. The van der Waals surface area contributed by atoms with Crippen LogP contribution in [0.3, 0.4) is 0 Å². The molecule has 1 N–H and O–H groups in total. The van der Waals surface area contributed by atoms with Crippen LogP contribution in [-0.2, 0) is 23.8 Å². The van der Waals surface area contributed by atoms with E-state index in [1.54, 1.807) is 0 Å². The van der Waals surface area contributed by atoms with Gasteiger partial charge in [0.05, 0.1) is 25.4 Å². The highest BCUT2D eigenvalue weighted by molar-refractivity contribution is 5.69. The fourth-order valence-electron chi connectivity index (χ4n) is 4.77. The number of methoxy groups -OCH3 is 1. The van der Waals surface area contributed by atoms with Crippen molar-refractivity contribution >= 4 is 11.9 Å². The van der Waals surface area contributed by atoms with Crippen molar-refractivity contribution in [3.63, 3.8) is 0 Å². The Morgan fingerprint density at radius 3 is 2.53 bits per heavy atom. The zero-order valence-corrected chi connectivity index (χ0v) is 20.6. The first-order valence-electron chi connectivity index (χ1n) is 11.9. The lowest BCUT2D eigenvalue weighted by atomic mass is 9.81. The first kappa shape index (κ1) is 26.6. The maximum Gasteiger partial charge on any atom is 0.305 e. The lowest BCUT2D eigenvalue weighted by Crippen LogP contribution is -2.28. The summed E-state index contributed by atoms with van der Waals surface area (Å²) in [4.78, 5) is 22.9. The topological polar surface area (TPSA) is 82.1 Å². The largest absolute Gasteiger partial charge is 0.469 e. The number of allylic oxidation sites excluding steroid dienone is 2. The summed E-state index contributed by atoms with van der Waals surface area (Å²) in [6, 6.07) is 0. The van der Waals surface area contributed by atoms with Crippen molar-refractivity contribution < 1.29 is 28.9 Å².